The summed E-state index contributed by atoms with van der Waals surface area (Å²) in [4.78, 5) is 27.1. The van der Waals surface area contributed by atoms with Crippen LogP contribution in [0.4, 0.5) is 0 Å². The van der Waals surface area contributed by atoms with Crippen molar-refractivity contribution in [1.82, 2.24) is 4.98 Å². The van der Waals surface area contributed by atoms with Gasteiger partial charge in [0.15, 0.2) is 5.78 Å². The Morgan fingerprint density at radius 1 is 1.16 bits per heavy atom. The Morgan fingerprint density at radius 2 is 2.04 bits per heavy atom. The van der Waals surface area contributed by atoms with Gasteiger partial charge in [0.2, 0.25) is 0 Å². The molecule has 1 aliphatic rings. The molecule has 1 aromatic carbocycles. The standard InChI is InChI=1S/C18H15N3O3S/c22-16(7-12-3-2-6-19-10-12)14-5-1-4-13(8-14)15-9-17(21-20-15)25-11-18(23)24/h1-6,8,10H,7,9,11H2,(H,23,24). The van der Waals surface area contributed by atoms with Gasteiger partial charge in [-0.25, -0.2) is 0 Å². The van der Waals surface area contributed by atoms with Gasteiger partial charge in [0.1, 0.15) is 5.04 Å². The Morgan fingerprint density at radius 3 is 2.80 bits per heavy atom. The lowest BCUT2D eigenvalue weighted by molar-refractivity contribution is -0.133. The van der Waals surface area contributed by atoms with Crippen molar-refractivity contribution in [2.24, 2.45) is 10.2 Å². The minimum Gasteiger partial charge on any atom is -0.481 e. The van der Waals surface area contributed by atoms with Gasteiger partial charge in [-0.1, -0.05) is 36.0 Å². The highest BCUT2D eigenvalue weighted by molar-refractivity contribution is 8.14. The number of hydrogen-bond acceptors (Lipinski definition) is 6. The zero-order valence-electron chi connectivity index (χ0n) is 13.3. The Labute approximate surface area is 148 Å². The maximum Gasteiger partial charge on any atom is 0.313 e. The first-order valence-corrected chi connectivity index (χ1v) is 8.61. The minimum absolute atomic E-state index is 0.00911. The number of ketones is 1. The number of Topliss-reactive ketones (excluding diaryl/α,β-unsaturated/α-hetero) is 1. The van der Waals surface area contributed by atoms with Crippen molar-refractivity contribution in [1.29, 1.82) is 0 Å². The Kier molecular flexibility index (Phi) is 5.35. The monoisotopic (exact) mass is 353 g/mol. The number of carbonyl (C=O) groups is 2. The maximum atomic E-state index is 12.5. The number of hydrogen-bond donors (Lipinski definition) is 1. The number of aliphatic carboxylic acids is 1. The summed E-state index contributed by atoms with van der Waals surface area (Å²) in [6.45, 7) is 0. The Hall–Kier alpha value is -2.80. The third-order valence-electron chi connectivity index (χ3n) is 3.57. The van der Waals surface area contributed by atoms with Crippen molar-refractivity contribution in [3.63, 3.8) is 0 Å². The molecule has 1 aromatic heterocycles. The van der Waals surface area contributed by atoms with Crippen LogP contribution in [0.15, 0.2) is 59.0 Å². The summed E-state index contributed by atoms with van der Waals surface area (Å²) in [5.41, 5.74) is 3.04. The SMILES string of the molecule is O=C(O)CSC1=NN=C(c2cccc(C(=O)Cc3cccnc3)c2)C1. The van der Waals surface area contributed by atoms with Gasteiger partial charge in [-0.15, -0.1) is 5.10 Å². The highest BCUT2D eigenvalue weighted by Gasteiger charge is 2.17. The van der Waals surface area contributed by atoms with E-state index in [-0.39, 0.29) is 11.5 Å². The van der Waals surface area contributed by atoms with Gasteiger partial charge >= 0.3 is 5.97 Å². The highest BCUT2D eigenvalue weighted by Crippen LogP contribution is 2.20. The molecule has 0 bridgehead atoms. The average Bonchev–Trinajstić information content (AvgIpc) is 3.10. The second kappa shape index (κ2) is 7.85. The molecule has 0 amide bonds. The molecular formula is C18H15N3O3S. The zero-order valence-corrected chi connectivity index (χ0v) is 14.1. The van der Waals surface area contributed by atoms with Crippen molar-refractivity contribution in [3.05, 3.63) is 65.5 Å². The van der Waals surface area contributed by atoms with Crippen molar-refractivity contribution in [3.8, 4) is 0 Å². The van der Waals surface area contributed by atoms with Crippen LogP contribution < -0.4 is 0 Å². The fraction of sp³-hybridized carbons (Fsp3) is 0.167. The van der Waals surface area contributed by atoms with E-state index in [1.165, 1.54) is 0 Å². The van der Waals surface area contributed by atoms with E-state index in [0.29, 0.717) is 23.4 Å². The third kappa shape index (κ3) is 4.60. The second-order valence-corrected chi connectivity index (χ2v) is 6.49. The molecule has 2 aromatic rings. The van der Waals surface area contributed by atoms with E-state index in [9.17, 15) is 9.59 Å². The molecule has 0 saturated carbocycles. The highest BCUT2D eigenvalue weighted by atomic mass is 32.2. The molecule has 7 heteroatoms. The minimum atomic E-state index is -0.885. The molecule has 1 aliphatic heterocycles. The summed E-state index contributed by atoms with van der Waals surface area (Å²) in [5, 5.41) is 17.5. The average molecular weight is 353 g/mol. The van der Waals surface area contributed by atoms with E-state index in [0.717, 1.165) is 28.6 Å². The molecule has 6 nitrogen and oxygen atoms in total. The first-order chi connectivity index (χ1) is 12.1. The first-order valence-electron chi connectivity index (χ1n) is 7.62. The molecule has 0 spiro atoms. The molecule has 0 aliphatic carbocycles. The lowest BCUT2D eigenvalue weighted by atomic mass is 10.00. The van der Waals surface area contributed by atoms with E-state index in [1.54, 1.807) is 30.6 Å². The van der Waals surface area contributed by atoms with E-state index in [1.807, 2.05) is 18.2 Å². The number of pyridine rings is 1. The van der Waals surface area contributed by atoms with Crippen LogP contribution in [0.2, 0.25) is 0 Å². The number of carbonyl (C=O) groups excluding carboxylic acids is 1. The molecule has 2 heterocycles. The van der Waals surface area contributed by atoms with Gasteiger partial charge in [0.25, 0.3) is 0 Å². The number of aromatic nitrogens is 1. The predicted molar refractivity (Wildman–Crippen MR) is 97.4 cm³/mol. The number of nitrogens with zero attached hydrogens (tertiary/aromatic N) is 3. The zero-order chi connectivity index (χ0) is 17.6. The van der Waals surface area contributed by atoms with Gasteiger partial charge < -0.3 is 5.11 Å². The van der Waals surface area contributed by atoms with E-state index < -0.39 is 5.97 Å². The molecule has 0 fully saturated rings. The first kappa shape index (κ1) is 17.0. The van der Waals surface area contributed by atoms with Gasteiger partial charge in [0.05, 0.1) is 11.5 Å². The topological polar surface area (TPSA) is 92.0 Å². The lowest BCUT2D eigenvalue weighted by Gasteiger charge is -2.05. The third-order valence-corrected chi connectivity index (χ3v) is 4.52. The summed E-state index contributed by atoms with van der Waals surface area (Å²) < 4.78 is 0. The van der Waals surface area contributed by atoms with Gasteiger partial charge in [-0.2, -0.15) is 5.10 Å². The molecular weight excluding hydrogens is 338 g/mol. The lowest BCUT2D eigenvalue weighted by Crippen LogP contribution is -2.08. The van der Waals surface area contributed by atoms with Crippen LogP contribution in [0, 0.1) is 0 Å². The van der Waals surface area contributed by atoms with Crippen molar-refractivity contribution in [2.45, 2.75) is 12.8 Å². The molecule has 0 saturated heterocycles. The van der Waals surface area contributed by atoms with Crippen LogP contribution in [-0.4, -0.2) is 38.4 Å². The fourth-order valence-corrected chi connectivity index (χ4v) is 3.00. The van der Waals surface area contributed by atoms with Crippen LogP contribution in [0.1, 0.15) is 27.9 Å². The summed E-state index contributed by atoms with van der Waals surface area (Å²) in [7, 11) is 0. The molecule has 0 radical (unpaired) electrons. The molecule has 1 N–H and O–H groups in total. The normalized spacial score (nSPS) is 13.3. The van der Waals surface area contributed by atoms with Gasteiger partial charge in [0, 0.05) is 30.8 Å². The largest absolute Gasteiger partial charge is 0.481 e. The second-order valence-electron chi connectivity index (χ2n) is 5.44. The van der Waals surface area contributed by atoms with E-state index in [4.69, 9.17) is 5.11 Å². The summed E-state index contributed by atoms with van der Waals surface area (Å²) in [6.07, 6.45) is 4.13. The summed E-state index contributed by atoms with van der Waals surface area (Å²) >= 11 is 1.16. The quantitative estimate of drug-likeness (QED) is 0.806. The number of carboxylic acid groups (broad SMARTS) is 1. The van der Waals surface area contributed by atoms with Crippen LogP contribution in [0.5, 0.6) is 0 Å². The number of thioether (sulfide) groups is 1. The van der Waals surface area contributed by atoms with Crippen LogP contribution in [-0.2, 0) is 11.2 Å². The molecule has 0 unspecified atom stereocenters. The van der Waals surface area contributed by atoms with Gasteiger partial charge in [-0.05, 0) is 23.3 Å². The molecule has 3 rings (SSSR count). The fourth-order valence-electron chi connectivity index (χ4n) is 2.38. The Balaban J connectivity index is 1.66. The van der Waals surface area contributed by atoms with E-state index in [2.05, 4.69) is 15.2 Å². The molecule has 0 atom stereocenters. The number of benzene rings is 1. The van der Waals surface area contributed by atoms with E-state index >= 15 is 0 Å². The Bertz CT molecular complexity index is 863. The smallest absolute Gasteiger partial charge is 0.313 e. The van der Waals surface area contributed by atoms with Crippen LogP contribution in [0.3, 0.4) is 0 Å². The summed E-state index contributed by atoms with van der Waals surface area (Å²) in [5.74, 6) is -0.912. The maximum absolute atomic E-state index is 12.5. The van der Waals surface area contributed by atoms with Gasteiger partial charge in [-0.3, -0.25) is 14.6 Å². The van der Waals surface area contributed by atoms with Crippen LogP contribution in [0.25, 0.3) is 0 Å². The van der Waals surface area contributed by atoms with Crippen molar-refractivity contribution >= 4 is 34.3 Å². The predicted octanol–water partition coefficient (Wildman–Crippen LogP) is 2.83. The molecule has 25 heavy (non-hydrogen) atoms. The summed E-state index contributed by atoms with van der Waals surface area (Å²) in [6, 6.07) is 10.9. The number of rotatable bonds is 6. The number of carboxylic acids is 1. The van der Waals surface area contributed by atoms with Crippen LogP contribution >= 0.6 is 11.8 Å². The molecule has 126 valence electrons. The van der Waals surface area contributed by atoms with Crippen molar-refractivity contribution < 1.29 is 14.7 Å². The van der Waals surface area contributed by atoms with Crippen molar-refractivity contribution in [2.75, 3.05) is 5.75 Å².